The summed E-state index contributed by atoms with van der Waals surface area (Å²) in [7, 11) is 0. The van der Waals surface area contributed by atoms with E-state index in [0.717, 1.165) is 5.92 Å². The van der Waals surface area contributed by atoms with Crippen LogP contribution in [0.15, 0.2) is 12.2 Å². The van der Waals surface area contributed by atoms with Crippen molar-refractivity contribution in [2.45, 2.75) is 52.9 Å². The molecule has 0 N–H and O–H groups in total. The smallest absolute Gasteiger partial charge is 0.0209 e. The van der Waals surface area contributed by atoms with E-state index < -0.39 is 0 Å². The van der Waals surface area contributed by atoms with Crippen LogP contribution in [-0.2, 0) is 0 Å². The second-order valence-electron chi connectivity index (χ2n) is 3.18. The Morgan fingerprint density at radius 2 is 1.55 bits per heavy atom. The molecule has 0 atom stereocenters. The third-order valence-corrected chi connectivity index (χ3v) is 2.30. The lowest BCUT2D eigenvalue weighted by Crippen LogP contribution is -2.05. The summed E-state index contributed by atoms with van der Waals surface area (Å²) in [5.41, 5.74) is 1.40. The maximum atomic E-state index is 3.98. The van der Waals surface area contributed by atoms with Crippen LogP contribution in [0, 0.1) is 5.92 Å². The van der Waals surface area contributed by atoms with Gasteiger partial charge >= 0.3 is 0 Å². The molecule has 0 nitrogen and oxygen atoms in total. The molecule has 1 rings (SSSR count). The largest absolute Gasteiger partial charge is 0.0999 e. The average Bonchev–Trinajstić information content (AvgIpc) is 2.10. The first-order valence-corrected chi connectivity index (χ1v) is 4.96. The lowest BCUT2D eigenvalue weighted by Gasteiger charge is -2.21. The summed E-state index contributed by atoms with van der Waals surface area (Å²) in [5, 5.41) is 0. The van der Waals surface area contributed by atoms with E-state index >= 15 is 0 Å². The van der Waals surface area contributed by atoms with E-state index in [9.17, 15) is 0 Å². The van der Waals surface area contributed by atoms with Crippen LogP contribution in [0.3, 0.4) is 0 Å². The van der Waals surface area contributed by atoms with Crippen LogP contribution in [0.5, 0.6) is 0 Å². The fourth-order valence-corrected chi connectivity index (χ4v) is 1.60. The molecule has 0 amide bonds. The van der Waals surface area contributed by atoms with Gasteiger partial charge in [-0.2, -0.15) is 0 Å². The van der Waals surface area contributed by atoms with Gasteiger partial charge in [-0.25, -0.2) is 0 Å². The van der Waals surface area contributed by atoms with Gasteiger partial charge in [-0.05, 0) is 25.7 Å². The van der Waals surface area contributed by atoms with E-state index in [1.807, 2.05) is 13.8 Å². The predicted octanol–water partition coefficient (Wildman–Crippen LogP) is 4.17. The van der Waals surface area contributed by atoms with Crippen LogP contribution in [0.25, 0.3) is 0 Å². The molecule has 1 aliphatic rings. The topological polar surface area (TPSA) is 0 Å². The van der Waals surface area contributed by atoms with Crippen molar-refractivity contribution in [2.75, 3.05) is 0 Å². The summed E-state index contributed by atoms with van der Waals surface area (Å²) in [6.07, 6.45) is 7.10. The highest BCUT2D eigenvalue weighted by molar-refractivity contribution is 4.96. The van der Waals surface area contributed by atoms with Gasteiger partial charge in [0.1, 0.15) is 0 Å². The minimum atomic E-state index is 0.860. The Balaban J connectivity index is 0.000000461. The van der Waals surface area contributed by atoms with Gasteiger partial charge in [0.05, 0.1) is 0 Å². The van der Waals surface area contributed by atoms with Gasteiger partial charge in [0.25, 0.3) is 0 Å². The Labute approximate surface area is 71.7 Å². The highest BCUT2D eigenvalue weighted by atomic mass is 14.2. The van der Waals surface area contributed by atoms with Crippen LogP contribution in [0.1, 0.15) is 52.9 Å². The first-order chi connectivity index (χ1) is 5.30. The van der Waals surface area contributed by atoms with Gasteiger partial charge in [-0.15, -0.1) is 0 Å². The summed E-state index contributed by atoms with van der Waals surface area (Å²) < 4.78 is 0. The summed E-state index contributed by atoms with van der Waals surface area (Å²) in [6, 6.07) is 0. The minimum absolute atomic E-state index is 0.860. The molecule has 1 aliphatic carbocycles. The van der Waals surface area contributed by atoms with Crippen molar-refractivity contribution in [3.63, 3.8) is 0 Å². The van der Waals surface area contributed by atoms with E-state index in [1.54, 1.807) is 0 Å². The SMILES string of the molecule is C=C(C)C1CCCCC1.CC. The third kappa shape index (κ3) is 4.23. The summed E-state index contributed by atoms with van der Waals surface area (Å²) in [6.45, 7) is 10.1. The van der Waals surface area contributed by atoms with Gasteiger partial charge < -0.3 is 0 Å². The highest BCUT2D eigenvalue weighted by Crippen LogP contribution is 2.27. The monoisotopic (exact) mass is 154 g/mol. The van der Waals surface area contributed by atoms with Gasteiger partial charge in [0.15, 0.2) is 0 Å². The van der Waals surface area contributed by atoms with Crippen molar-refractivity contribution in [2.24, 2.45) is 5.92 Å². The van der Waals surface area contributed by atoms with Crippen LogP contribution in [0.4, 0.5) is 0 Å². The second-order valence-corrected chi connectivity index (χ2v) is 3.18. The molecular formula is C11H22. The molecule has 0 heteroatoms. The maximum absolute atomic E-state index is 3.98. The molecule has 11 heavy (non-hydrogen) atoms. The van der Waals surface area contributed by atoms with Gasteiger partial charge in [0, 0.05) is 0 Å². The molecule has 0 spiro atoms. The van der Waals surface area contributed by atoms with E-state index in [0.29, 0.717) is 0 Å². The van der Waals surface area contributed by atoms with E-state index in [-0.39, 0.29) is 0 Å². The quantitative estimate of drug-likeness (QED) is 0.497. The number of hydrogen-bond donors (Lipinski definition) is 0. The van der Waals surface area contributed by atoms with Crippen LogP contribution in [0.2, 0.25) is 0 Å². The first kappa shape index (κ1) is 10.7. The molecule has 66 valence electrons. The van der Waals surface area contributed by atoms with Gasteiger partial charge in [-0.1, -0.05) is 45.3 Å². The van der Waals surface area contributed by atoms with Crippen molar-refractivity contribution in [1.29, 1.82) is 0 Å². The van der Waals surface area contributed by atoms with Crippen molar-refractivity contribution in [1.82, 2.24) is 0 Å². The standard InChI is InChI=1S/C9H16.C2H6/c1-8(2)9-6-4-3-5-7-9;1-2/h9H,1,3-7H2,2H3;1-2H3. The Morgan fingerprint density at radius 3 is 1.82 bits per heavy atom. The van der Waals surface area contributed by atoms with Crippen molar-refractivity contribution in [3.8, 4) is 0 Å². The van der Waals surface area contributed by atoms with Crippen molar-refractivity contribution in [3.05, 3.63) is 12.2 Å². The van der Waals surface area contributed by atoms with Crippen LogP contribution in [-0.4, -0.2) is 0 Å². The lowest BCUT2D eigenvalue weighted by atomic mass is 9.85. The average molecular weight is 154 g/mol. The van der Waals surface area contributed by atoms with Crippen LogP contribution < -0.4 is 0 Å². The zero-order valence-electron chi connectivity index (χ0n) is 8.32. The molecule has 0 aromatic carbocycles. The molecule has 0 radical (unpaired) electrons. The molecule has 0 unspecified atom stereocenters. The first-order valence-electron chi connectivity index (χ1n) is 4.96. The Hall–Kier alpha value is -0.260. The molecule has 1 saturated carbocycles. The van der Waals surface area contributed by atoms with E-state index in [4.69, 9.17) is 0 Å². The fourth-order valence-electron chi connectivity index (χ4n) is 1.60. The van der Waals surface area contributed by atoms with Crippen molar-refractivity contribution < 1.29 is 0 Å². The molecule has 0 bridgehead atoms. The molecule has 0 aromatic heterocycles. The van der Waals surface area contributed by atoms with Crippen molar-refractivity contribution >= 4 is 0 Å². The number of allylic oxidation sites excluding steroid dienone is 1. The Morgan fingerprint density at radius 1 is 1.09 bits per heavy atom. The zero-order valence-corrected chi connectivity index (χ0v) is 8.32. The van der Waals surface area contributed by atoms with Gasteiger partial charge in [0.2, 0.25) is 0 Å². The summed E-state index contributed by atoms with van der Waals surface area (Å²) in [5.74, 6) is 0.860. The Bertz CT molecular complexity index is 96.6. The summed E-state index contributed by atoms with van der Waals surface area (Å²) >= 11 is 0. The second kappa shape index (κ2) is 6.45. The van der Waals surface area contributed by atoms with E-state index in [2.05, 4.69) is 13.5 Å². The molecule has 0 aliphatic heterocycles. The molecular weight excluding hydrogens is 132 g/mol. The molecule has 0 heterocycles. The third-order valence-electron chi connectivity index (χ3n) is 2.30. The lowest BCUT2D eigenvalue weighted by molar-refractivity contribution is 0.404. The normalized spacial score (nSPS) is 18.5. The molecule has 1 fully saturated rings. The minimum Gasteiger partial charge on any atom is -0.0999 e. The van der Waals surface area contributed by atoms with Gasteiger partial charge in [-0.3, -0.25) is 0 Å². The molecule has 0 aromatic rings. The van der Waals surface area contributed by atoms with E-state index in [1.165, 1.54) is 37.7 Å². The van der Waals surface area contributed by atoms with Crippen LogP contribution >= 0.6 is 0 Å². The zero-order chi connectivity index (χ0) is 8.69. The maximum Gasteiger partial charge on any atom is -0.0209 e. The summed E-state index contributed by atoms with van der Waals surface area (Å²) in [4.78, 5) is 0. The Kier molecular flexibility index (Phi) is 6.30. The predicted molar refractivity (Wildman–Crippen MR) is 52.7 cm³/mol. The molecule has 0 saturated heterocycles. The highest BCUT2D eigenvalue weighted by Gasteiger charge is 2.12. The number of rotatable bonds is 1. The fraction of sp³-hybridized carbons (Fsp3) is 0.818. The number of hydrogen-bond acceptors (Lipinski definition) is 0.